The minimum absolute atomic E-state index is 0.112. The highest BCUT2D eigenvalue weighted by molar-refractivity contribution is 7.12. The molecule has 1 fully saturated rings. The predicted octanol–water partition coefficient (Wildman–Crippen LogP) is 7.83. The summed E-state index contributed by atoms with van der Waals surface area (Å²) < 4.78 is 23.2. The highest BCUT2D eigenvalue weighted by Crippen LogP contribution is 2.35. The molecule has 0 N–H and O–H groups in total. The van der Waals surface area contributed by atoms with Crippen LogP contribution >= 0.6 is 11.3 Å². The molecule has 1 saturated heterocycles. The van der Waals surface area contributed by atoms with Crippen molar-refractivity contribution >= 4 is 23.1 Å². The van der Waals surface area contributed by atoms with Crippen molar-refractivity contribution in [1.82, 2.24) is 4.98 Å². The number of hydrogen-bond acceptors (Lipinski definition) is 7. The topological polar surface area (TPSA) is 66.9 Å². The van der Waals surface area contributed by atoms with Gasteiger partial charge in [-0.15, -0.1) is 11.3 Å². The first-order chi connectivity index (χ1) is 19.6. The number of ether oxygens (including phenoxy) is 4. The van der Waals surface area contributed by atoms with E-state index in [1.165, 1.54) is 18.2 Å². The van der Waals surface area contributed by atoms with Gasteiger partial charge in [0.15, 0.2) is 6.10 Å². The summed E-state index contributed by atoms with van der Waals surface area (Å²) in [6.07, 6.45) is 5.84. The number of carbonyl (C=O) groups excluding carboxylic acids is 1. The third-order valence-corrected chi connectivity index (χ3v) is 7.68. The quantitative estimate of drug-likeness (QED) is 0.259. The number of benzene rings is 2. The van der Waals surface area contributed by atoms with E-state index in [0.29, 0.717) is 19.4 Å². The van der Waals surface area contributed by atoms with E-state index in [4.69, 9.17) is 18.9 Å². The highest BCUT2D eigenvalue weighted by Gasteiger charge is 2.36. The van der Waals surface area contributed by atoms with Gasteiger partial charge in [-0.25, -0.2) is 9.78 Å². The number of methoxy groups -OCH3 is 1. The number of rotatable bonds is 8. The Morgan fingerprint density at radius 2 is 1.85 bits per heavy atom. The first-order valence-electron chi connectivity index (χ1n) is 14.4. The molecule has 3 atom stereocenters. The van der Waals surface area contributed by atoms with Gasteiger partial charge < -0.3 is 18.9 Å². The van der Waals surface area contributed by atoms with Crippen molar-refractivity contribution in [3.8, 4) is 0 Å². The van der Waals surface area contributed by atoms with Gasteiger partial charge in [-0.3, -0.25) is 0 Å². The SMILES string of the molecule is CC.CC.COC(=O)C1CC(OCc2ccccc2)CC(c2ccc(C)c(Cc3ncc(C4=CCCO4)s3)c2)O1. The summed E-state index contributed by atoms with van der Waals surface area (Å²) in [5.41, 5.74) is 4.54. The largest absolute Gasteiger partial charge is 0.492 e. The summed E-state index contributed by atoms with van der Waals surface area (Å²) in [5, 5.41) is 1.04. The number of aromatic nitrogens is 1. The van der Waals surface area contributed by atoms with E-state index in [1.807, 2.05) is 64.2 Å². The number of carbonyl (C=O) groups is 1. The lowest BCUT2D eigenvalue weighted by Crippen LogP contribution is -2.38. The molecule has 2 aromatic carbocycles. The fourth-order valence-corrected chi connectivity index (χ4v) is 5.58. The molecule has 0 saturated carbocycles. The van der Waals surface area contributed by atoms with Crippen LogP contribution in [0.3, 0.4) is 0 Å². The van der Waals surface area contributed by atoms with Crippen LogP contribution in [0, 0.1) is 6.92 Å². The summed E-state index contributed by atoms with van der Waals surface area (Å²) in [6.45, 7) is 11.4. The number of esters is 1. The lowest BCUT2D eigenvalue weighted by molar-refractivity contribution is -0.174. The van der Waals surface area contributed by atoms with E-state index in [-0.39, 0.29) is 18.2 Å². The minimum Gasteiger partial charge on any atom is -0.492 e. The van der Waals surface area contributed by atoms with Gasteiger partial charge in [-0.2, -0.15) is 0 Å². The van der Waals surface area contributed by atoms with Crippen molar-refractivity contribution < 1.29 is 23.7 Å². The van der Waals surface area contributed by atoms with Crippen LogP contribution in [0.4, 0.5) is 0 Å². The molecule has 0 aliphatic carbocycles. The molecule has 7 heteroatoms. The van der Waals surface area contributed by atoms with Gasteiger partial charge in [0.05, 0.1) is 42.4 Å². The van der Waals surface area contributed by atoms with Crippen molar-refractivity contribution in [1.29, 1.82) is 0 Å². The minimum atomic E-state index is -0.652. The summed E-state index contributed by atoms with van der Waals surface area (Å²) in [5.74, 6) is 0.578. The van der Waals surface area contributed by atoms with Crippen molar-refractivity contribution in [3.63, 3.8) is 0 Å². The van der Waals surface area contributed by atoms with Crippen LogP contribution in [0.1, 0.15) is 85.2 Å². The van der Waals surface area contributed by atoms with E-state index in [9.17, 15) is 4.79 Å². The Morgan fingerprint density at radius 3 is 2.55 bits per heavy atom. The van der Waals surface area contributed by atoms with Gasteiger partial charge in [0.1, 0.15) is 5.76 Å². The molecular weight excluding hydrogens is 522 g/mol. The van der Waals surface area contributed by atoms with E-state index in [0.717, 1.165) is 46.2 Å². The molecule has 216 valence electrons. The predicted molar refractivity (Wildman–Crippen MR) is 161 cm³/mol. The molecule has 0 amide bonds. The summed E-state index contributed by atoms with van der Waals surface area (Å²) in [7, 11) is 1.40. The second kappa shape index (κ2) is 16.3. The Kier molecular flexibility index (Phi) is 12.9. The average molecular weight is 566 g/mol. The molecule has 0 spiro atoms. The van der Waals surface area contributed by atoms with Gasteiger partial charge in [-0.1, -0.05) is 76.2 Å². The molecule has 2 aliphatic rings. The van der Waals surface area contributed by atoms with Crippen LogP contribution < -0.4 is 0 Å². The molecule has 1 aromatic heterocycles. The zero-order valence-electron chi connectivity index (χ0n) is 24.6. The Bertz CT molecular complexity index is 1220. The zero-order chi connectivity index (χ0) is 28.9. The number of nitrogens with zero attached hydrogens (tertiary/aromatic N) is 1. The molecule has 3 heterocycles. The molecule has 5 rings (SSSR count). The van der Waals surface area contributed by atoms with Crippen molar-refractivity contribution in [2.75, 3.05) is 13.7 Å². The molecule has 0 radical (unpaired) electrons. The summed E-state index contributed by atoms with van der Waals surface area (Å²) in [4.78, 5) is 18.1. The monoisotopic (exact) mass is 565 g/mol. The third kappa shape index (κ3) is 8.50. The molecule has 2 aliphatic heterocycles. The Labute approximate surface area is 243 Å². The maximum Gasteiger partial charge on any atom is 0.335 e. The van der Waals surface area contributed by atoms with Crippen LogP contribution in [0.2, 0.25) is 0 Å². The van der Waals surface area contributed by atoms with E-state index in [2.05, 4.69) is 36.2 Å². The second-order valence-corrected chi connectivity index (χ2v) is 10.3. The summed E-state index contributed by atoms with van der Waals surface area (Å²) in [6, 6.07) is 16.5. The number of thiazole rings is 1. The summed E-state index contributed by atoms with van der Waals surface area (Å²) >= 11 is 1.67. The average Bonchev–Trinajstić information content (AvgIpc) is 3.72. The van der Waals surface area contributed by atoms with Crippen LogP contribution in [0.15, 0.2) is 60.8 Å². The molecule has 3 unspecified atom stereocenters. The van der Waals surface area contributed by atoms with Gasteiger partial charge in [0, 0.05) is 31.9 Å². The first kappa shape index (κ1) is 31.5. The van der Waals surface area contributed by atoms with Crippen molar-refractivity contribution in [2.45, 2.75) is 85.2 Å². The fourth-order valence-electron chi connectivity index (χ4n) is 4.65. The van der Waals surface area contributed by atoms with Gasteiger partial charge >= 0.3 is 5.97 Å². The Hall–Kier alpha value is -3.00. The van der Waals surface area contributed by atoms with E-state index >= 15 is 0 Å². The van der Waals surface area contributed by atoms with Crippen LogP contribution in [-0.2, 0) is 36.8 Å². The smallest absolute Gasteiger partial charge is 0.335 e. The van der Waals surface area contributed by atoms with Crippen LogP contribution in [0.25, 0.3) is 5.76 Å². The van der Waals surface area contributed by atoms with Crippen LogP contribution in [-0.4, -0.2) is 36.9 Å². The van der Waals surface area contributed by atoms with Gasteiger partial charge in [-0.05, 0) is 35.3 Å². The number of aryl methyl sites for hydroxylation is 1. The van der Waals surface area contributed by atoms with Crippen molar-refractivity contribution in [2.24, 2.45) is 0 Å². The standard InChI is InChI=1S/C29H31NO5S.2C2H6/c1-19-10-11-21(13-22(19)14-28-30-17-27(36-28)24-9-6-12-33-24)25-15-23(16-26(35-25)29(31)32-2)34-18-20-7-4-3-5-8-20;2*1-2/h3-5,7-11,13,17,23,25-26H,6,12,14-16,18H2,1-2H3;2*1-2H3. The van der Waals surface area contributed by atoms with Gasteiger partial charge in [0.25, 0.3) is 0 Å². The lowest BCUT2D eigenvalue weighted by atomic mass is 9.93. The first-order valence-corrected chi connectivity index (χ1v) is 15.2. The zero-order valence-corrected chi connectivity index (χ0v) is 25.5. The van der Waals surface area contributed by atoms with Gasteiger partial charge in [0.2, 0.25) is 0 Å². The molecule has 6 nitrogen and oxygen atoms in total. The second-order valence-electron chi connectivity index (χ2n) is 9.21. The maximum atomic E-state index is 12.4. The molecule has 3 aromatic rings. The normalized spacial score (nSPS) is 19.8. The highest BCUT2D eigenvalue weighted by atomic mass is 32.1. The number of hydrogen-bond donors (Lipinski definition) is 0. The fraction of sp³-hybridized carbons (Fsp3) is 0.455. The van der Waals surface area contributed by atoms with Crippen LogP contribution in [0.5, 0.6) is 0 Å². The third-order valence-electron chi connectivity index (χ3n) is 6.66. The molecule has 0 bridgehead atoms. The van der Waals surface area contributed by atoms with E-state index < -0.39 is 6.10 Å². The van der Waals surface area contributed by atoms with E-state index in [1.54, 1.807) is 11.3 Å². The Morgan fingerprint density at radius 1 is 1.07 bits per heavy atom. The lowest BCUT2D eigenvalue weighted by Gasteiger charge is -2.34. The maximum absolute atomic E-state index is 12.4. The Balaban J connectivity index is 0.00000106. The van der Waals surface area contributed by atoms with Crippen molar-refractivity contribution in [3.05, 3.63) is 92.9 Å². The molecule has 40 heavy (non-hydrogen) atoms. The molecular formula is C33H43NO5S.